The number of thiazole rings is 1. The normalized spacial score (nSPS) is 12.6. The molecule has 0 aliphatic carbocycles. The molecule has 0 fully saturated rings. The van der Waals surface area contributed by atoms with E-state index in [1.54, 1.807) is 23.5 Å². The number of aryl methyl sites for hydroxylation is 2. The van der Waals surface area contributed by atoms with E-state index in [4.69, 9.17) is 0 Å². The summed E-state index contributed by atoms with van der Waals surface area (Å²) in [7, 11) is 0. The lowest BCUT2D eigenvalue weighted by atomic mass is 10.1. The van der Waals surface area contributed by atoms with Crippen molar-refractivity contribution in [3.05, 3.63) is 51.2 Å². The van der Waals surface area contributed by atoms with Gasteiger partial charge in [0, 0.05) is 10.9 Å². The van der Waals surface area contributed by atoms with Crippen molar-refractivity contribution in [1.29, 1.82) is 0 Å². The average molecular weight is 278 g/mol. The minimum atomic E-state index is -0.170. The van der Waals surface area contributed by atoms with Gasteiger partial charge in [0.2, 0.25) is 0 Å². The van der Waals surface area contributed by atoms with Crippen molar-refractivity contribution in [3.63, 3.8) is 0 Å². The van der Waals surface area contributed by atoms with Crippen LogP contribution in [0.4, 0.5) is 4.39 Å². The molecular weight excluding hydrogens is 259 g/mol. The summed E-state index contributed by atoms with van der Waals surface area (Å²) in [6.45, 7) is 7.07. The molecule has 1 atom stereocenters. The summed E-state index contributed by atoms with van der Waals surface area (Å²) in [4.78, 5) is 5.81. The van der Waals surface area contributed by atoms with Crippen molar-refractivity contribution in [1.82, 2.24) is 10.3 Å². The molecule has 102 valence electrons. The van der Waals surface area contributed by atoms with Gasteiger partial charge in [-0.3, -0.25) is 0 Å². The first-order chi connectivity index (χ1) is 9.06. The third kappa shape index (κ3) is 3.85. The van der Waals surface area contributed by atoms with E-state index in [1.807, 2.05) is 13.0 Å². The molecule has 0 saturated carbocycles. The second-order valence-corrected chi connectivity index (χ2v) is 6.14. The van der Waals surface area contributed by atoms with Crippen LogP contribution in [-0.2, 0) is 6.42 Å². The fourth-order valence-corrected chi connectivity index (χ4v) is 3.08. The molecule has 2 rings (SSSR count). The van der Waals surface area contributed by atoms with Crippen LogP contribution in [0.25, 0.3) is 0 Å². The Labute approximate surface area is 117 Å². The third-order valence-electron chi connectivity index (χ3n) is 3.10. The Balaban J connectivity index is 1.87. The number of hydrogen-bond acceptors (Lipinski definition) is 3. The van der Waals surface area contributed by atoms with Crippen LogP contribution in [0.5, 0.6) is 0 Å². The number of rotatable bonds is 5. The fourth-order valence-electron chi connectivity index (χ4n) is 2.17. The molecule has 0 saturated heterocycles. The van der Waals surface area contributed by atoms with Gasteiger partial charge in [-0.05, 0) is 51.4 Å². The highest BCUT2D eigenvalue weighted by molar-refractivity contribution is 7.11. The maximum absolute atomic E-state index is 13.0. The summed E-state index contributed by atoms with van der Waals surface area (Å²) in [5.74, 6) is -0.170. The van der Waals surface area contributed by atoms with Gasteiger partial charge in [-0.15, -0.1) is 11.3 Å². The highest BCUT2D eigenvalue weighted by Crippen LogP contribution is 2.22. The number of aromatic nitrogens is 1. The van der Waals surface area contributed by atoms with Crippen molar-refractivity contribution < 1.29 is 4.39 Å². The molecule has 0 bridgehead atoms. The number of nitrogens with zero attached hydrogens (tertiary/aromatic N) is 1. The average Bonchev–Trinajstić information content (AvgIpc) is 2.68. The second kappa shape index (κ2) is 6.26. The van der Waals surface area contributed by atoms with Crippen molar-refractivity contribution in [2.24, 2.45) is 0 Å². The van der Waals surface area contributed by atoms with Crippen LogP contribution in [-0.4, -0.2) is 11.5 Å². The summed E-state index contributed by atoms with van der Waals surface area (Å²) in [6.07, 6.45) is 0.824. The van der Waals surface area contributed by atoms with Gasteiger partial charge in [0.1, 0.15) is 5.82 Å². The van der Waals surface area contributed by atoms with Crippen molar-refractivity contribution in [2.45, 2.75) is 33.2 Å². The molecule has 0 amide bonds. The Kier molecular flexibility index (Phi) is 4.66. The Bertz CT molecular complexity index is 551. The highest BCUT2D eigenvalue weighted by atomic mass is 32.1. The Morgan fingerprint density at radius 1 is 1.37 bits per heavy atom. The van der Waals surface area contributed by atoms with Crippen LogP contribution in [0.15, 0.2) is 24.3 Å². The summed E-state index contributed by atoms with van der Waals surface area (Å²) < 4.78 is 13.0. The molecule has 0 aliphatic rings. The first-order valence-electron chi connectivity index (χ1n) is 6.48. The Hall–Kier alpha value is -1.26. The van der Waals surface area contributed by atoms with Gasteiger partial charge in [-0.1, -0.05) is 12.1 Å². The molecule has 1 aromatic heterocycles. The van der Waals surface area contributed by atoms with Gasteiger partial charge in [-0.25, -0.2) is 9.37 Å². The van der Waals surface area contributed by atoms with E-state index in [9.17, 15) is 4.39 Å². The van der Waals surface area contributed by atoms with Crippen molar-refractivity contribution in [3.8, 4) is 0 Å². The minimum absolute atomic E-state index is 0.170. The molecule has 19 heavy (non-hydrogen) atoms. The second-order valence-electron chi connectivity index (χ2n) is 4.73. The van der Waals surface area contributed by atoms with Crippen molar-refractivity contribution in [2.75, 3.05) is 6.54 Å². The highest BCUT2D eigenvalue weighted by Gasteiger charge is 2.12. The molecule has 0 aliphatic heterocycles. The van der Waals surface area contributed by atoms with E-state index in [1.165, 1.54) is 10.9 Å². The Morgan fingerprint density at radius 2 is 2.16 bits per heavy atom. The first-order valence-corrected chi connectivity index (χ1v) is 7.29. The number of halogens is 1. The topological polar surface area (TPSA) is 24.9 Å². The van der Waals surface area contributed by atoms with Crippen LogP contribution in [0.2, 0.25) is 0 Å². The standard InChI is InChI=1S/C15H19FN2S/c1-10(15-11(2)19-12(3)18-15)17-8-7-13-5-4-6-14(16)9-13/h4-6,9-10,17H,7-8H2,1-3H3. The SMILES string of the molecule is Cc1nc(C(C)NCCc2cccc(F)c2)c(C)s1. The molecule has 2 nitrogen and oxygen atoms in total. The monoisotopic (exact) mass is 278 g/mol. The summed E-state index contributed by atoms with van der Waals surface area (Å²) in [6, 6.07) is 7.00. The maximum Gasteiger partial charge on any atom is 0.123 e. The maximum atomic E-state index is 13.0. The number of nitrogens with one attached hydrogen (secondary N) is 1. The van der Waals surface area contributed by atoms with E-state index in [0.29, 0.717) is 0 Å². The zero-order chi connectivity index (χ0) is 13.8. The predicted molar refractivity (Wildman–Crippen MR) is 78.1 cm³/mol. The van der Waals surface area contributed by atoms with Crippen LogP contribution >= 0.6 is 11.3 Å². The molecule has 1 unspecified atom stereocenters. The van der Waals surface area contributed by atoms with E-state index in [-0.39, 0.29) is 11.9 Å². The fraction of sp³-hybridized carbons (Fsp3) is 0.400. The first kappa shape index (κ1) is 14.2. The van der Waals surface area contributed by atoms with Gasteiger partial charge in [-0.2, -0.15) is 0 Å². The zero-order valence-electron chi connectivity index (χ0n) is 11.5. The van der Waals surface area contributed by atoms with Crippen LogP contribution < -0.4 is 5.32 Å². The van der Waals surface area contributed by atoms with Gasteiger partial charge in [0.25, 0.3) is 0 Å². The smallest absolute Gasteiger partial charge is 0.123 e. The Morgan fingerprint density at radius 3 is 2.79 bits per heavy atom. The van der Waals surface area contributed by atoms with Gasteiger partial charge < -0.3 is 5.32 Å². The molecule has 0 radical (unpaired) electrons. The quantitative estimate of drug-likeness (QED) is 0.900. The summed E-state index contributed by atoms with van der Waals surface area (Å²) >= 11 is 1.73. The lowest BCUT2D eigenvalue weighted by Gasteiger charge is -2.12. The molecule has 1 aromatic carbocycles. The van der Waals surface area contributed by atoms with Gasteiger partial charge in [0.05, 0.1) is 10.7 Å². The lowest BCUT2D eigenvalue weighted by Crippen LogP contribution is -2.22. The molecule has 0 spiro atoms. The molecule has 4 heteroatoms. The van der Waals surface area contributed by atoms with Gasteiger partial charge in [0.15, 0.2) is 0 Å². The minimum Gasteiger partial charge on any atom is -0.308 e. The molecule has 1 heterocycles. The summed E-state index contributed by atoms with van der Waals surface area (Å²) in [5.41, 5.74) is 2.15. The zero-order valence-corrected chi connectivity index (χ0v) is 12.4. The van der Waals surface area contributed by atoms with E-state index in [0.717, 1.165) is 29.2 Å². The predicted octanol–water partition coefficient (Wildman–Crippen LogP) is 3.79. The number of benzene rings is 1. The summed E-state index contributed by atoms with van der Waals surface area (Å²) in [5, 5.41) is 4.55. The van der Waals surface area contributed by atoms with Gasteiger partial charge >= 0.3 is 0 Å². The molecule has 2 aromatic rings. The van der Waals surface area contributed by atoms with Crippen LogP contribution in [0.1, 0.15) is 34.1 Å². The third-order valence-corrected chi connectivity index (χ3v) is 4.00. The molecule has 1 N–H and O–H groups in total. The van der Waals surface area contributed by atoms with Crippen LogP contribution in [0.3, 0.4) is 0 Å². The number of hydrogen-bond donors (Lipinski definition) is 1. The van der Waals surface area contributed by atoms with E-state index >= 15 is 0 Å². The van der Waals surface area contributed by atoms with E-state index < -0.39 is 0 Å². The van der Waals surface area contributed by atoms with E-state index in [2.05, 4.69) is 24.1 Å². The lowest BCUT2D eigenvalue weighted by molar-refractivity contribution is 0.562. The van der Waals surface area contributed by atoms with Crippen LogP contribution in [0, 0.1) is 19.7 Å². The largest absolute Gasteiger partial charge is 0.308 e. The molecular formula is C15H19FN2S. The van der Waals surface area contributed by atoms with Crippen molar-refractivity contribution >= 4 is 11.3 Å².